The van der Waals surface area contributed by atoms with E-state index in [0.717, 1.165) is 38.4 Å². The first-order chi connectivity index (χ1) is 10.1. The quantitative estimate of drug-likeness (QED) is 0.530. The van der Waals surface area contributed by atoms with Gasteiger partial charge in [-0.15, -0.1) is 0 Å². The summed E-state index contributed by atoms with van der Waals surface area (Å²) in [6, 6.07) is 7.35. The summed E-state index contributed by atoms with van der Waals surface area (Å²) in [5.74, 6) is 0.0621. The molecule has 1 aromatic carbocycles. The minimum absolute atomic E-state index is 0.0621. The largest absolute Gasteiger partial charge is 0.391 e. The number of aliphatic hydroxyl groups is 1. The Balaban J connectivity index is 1.86. The number of carbonyl (C=O) groups is 1. The Bertz CT molecular complexity index is 496. The van der Waals surface area contributed by atoms with Gasteiger partial charge in [0.25, 0.3) is 0 Å². The Labute approximate surface area is 130 Å². The standard InChI is InChI=1S/C15H21N3O2S/c1-12(20)13-2-4-14(5-3-13)16-15(21)18-8-6-17(7-9-18)10-11-19/h2-5,19H,6-11H2,1H3,(H,16,21)/p+1. The lowest BCUT2D eigenvalue weighted by atomic mass is 10.1. The van der Waals surface area contributed by atoms with Crippen molar-refractivity contribution in [2.75, 3.05) is 44.6 Å². The summed E-state index contributed by atoms with van der Waals surface area (Å²) in [6.45, 7) is 6.37. The third-order valence-electron chi connectivity index (χ3n) is 3.77. The molecule has 0 saturated carbocycles. The van der Waals surface area contributed by atoms with Crippen molar-refractivity contribution in [1.29, 1.82) is 0 Å². The Morgan fingerprint density at radius 1 is 1.33 bits per heavy atom. The van der Waals surface area contributed by atoms with Crippen LogP contribution in [-0.4, -0.2) is 60.2 Å². The van der Waals surface area contributed by atoms with E-state index in [9.17, 15) is 4.79 Å². The summed E-state index contributed by atoms with van der Waals surface area (Å²) >= 11 is 5.43. The van der Waals surface area contributed by atoms with Crippen molar-refractivity contribution in [3.63, 3.8) is 0 Å². The lowest BCUT2D eigenvalue weighted by Gasteiger charge is -2.33. The van der Waals surface area contributed by atoms with Crippen molar-refractivity contribution in [3.05, 3.63) is 29.8 Å². The summed E-state index contributed by atoms with van der Waals surface area (Å²) in [5, 5.41) is 12.9. The van der Waals surface area contributed by atoms with Crippen molar-refractivity contribution in [2.24, 2.45) is 0 Å². The minimum Gasteiger partial charge on any atom is -0.391 e. The van der Waals surface area contributed by atoms with Gasteiger partial charge < -0.3 is 20.2 Å². The Kier molecular flexibility index (Phi) is 5.67. The first-order valence-corrected chi connectivity index (χ1v) is 7.62. The van der Waals surface area contributed by atoms with Gasteiger partial charge in [0, 0.05) is 11.3 Å². The first-order valence-electron chi connectivity index (χ1n) is 7.21. The van der Waals surface area contributed by atoms with Gasteiger partial charge in [0.15, 0.2) is 10.9 Å². The maximum atomic E-state index is 11.2. The van der Waals surface area contributed by atoms with Crippen LogP contribution in [0.15, 0.2) is 24.3 Å². The molecule has 0 aliphatic carbocycles. The predicted molar refractivity (Wildman–Crippen MR) is 86.9 cm³/mol. The third-order valence-corrected chi connectivity index (χ3v) is 4.13. The van der Waals surface area contributed by atoms with Gasteiger partial charge in [-0.1, -0.05) is 0 Å². The fraction of sp³-hybridized carbons (Fsp3) is 0.467. The molecule has 1 aromatic rings. The fourth-order valence-electron chi connectivity index (χ4n) is 2.42. The molecular formula is C15H22N3O2S+. The number of anilines is 1. The van der Waals surface area contributed by atoms with E-state index in [2.05, 4.69) is 10.2 Å². The second-order valence-corrected chi connectivity index (χ2v) is 5.66. The van der Waals surface area contributed by atoms with Gasteiger partial charge in [-0.25, -0.2) is 0 Å². The number of hydrogen-bond acceptors (Lipinski definition) is 3. The lowest BCUT2D eigenvalue weighted by Crippen LogP contribution is -3.15. The molecule has 0 bridgehead atoms. The highest BCUT2D eigenvalue weighted by Crippen LogP contribution is 2.11. The summed E-state index contributed by atoms with van der Waals surface area (Å²) in [6.07, 6.45) is 0. The third kappa shape index (κ3) is 4.49. The summed E-state index contributed by atoms with van der Waals surface area (Å²) < 4.78 is 0. The second kappa shape index (κ2) is 7.49. The highest BCUT2D eigenvalue weighted by atomic mass is 32.1. The molecule has 1 saturated heterocycles. The number of thiocarbonyl (C=S) groups is 1. The molecule has 0 radical (unpaired) electrons. The number of carbonyl (C=O) groups excluding carboxylic acids is 1. The van der Waals surface area contributed by atoms with Gasteiger partial charge in [-0.2, -0.15) is 0 Å². The normalized spacial score (nSPS) is 15.8. The van der Waals surface area contributed by atoms with E-state index in [4.69, 9.17) is 17.3 Å². The predicted octanol–water partition coefficient (Wildman–Crippen LogP) is -0.221. The summed E-state index contributed by atoms with van der Waals surface area (Å²) in [4.78, 5) is 14.8. The van der Waals surface area contributed by atoms with E-state index in [0.29, 0.717) is 10.7 Å². The Morgan fingerprint density at radius 3 is 2.48 bits per heavy atom. The monoisotopic (exact) mass is 308 g/mol. The molecule has 1 heterocycles. The SMILES string of the molecule is CC(=O)c1ccc(NC(=S)N2CC[NH+](CCO)CC2)cc1. The summed E-state index contributed by atoms with van der Waals surface area (Å²) in [5.41, 5.74) is 1.60. The van der Waals surface area contributed by atoms with Gasteiger partial charge in [-0.3, -0.25) is 4.79 Å². The average molecular weight is 308 g/mol. The molecule has 0 spiro atoms. The van der Waals surface area contributed by atoms with Crippen LogP contribution in [0.2, 0.25) is 0 Å². The molecule has 1 fully saturated rings. The van der Waals surface area contributed by atoms with Crippen LogP contribution in [0.1, 0.15) is 17.3 Å². The molecule has 6 heteroatoms. The molecule has 0 aromatic heterocycles. The molecule has 0 amide bonds. The van der Waals surface area contributed by atoms with Crippen LogP contribution in [0.3, 0.4) is 0 Å². The number of aliphatic hydroxyl groups excluding tert-OH is 1. The van der Waals surface area contributed by atoms with Crippen LogP contribution in [0.4, 0.5) is 5.69 Å². The number of Topliss-reactive ketones (excluding diaryl/α,β-unsaturated/α-hetero) is 1. The van der Waals surface area contributed by atoms with Crippen molar-refractivity contribution >= 4 is 28.8 Å². The van der Waals surface area contributed by atoms with E-state index >= 15 is 0 Å². The number of benzene rings is 1. The van der Waals surface area contributed by atoms with E-state index in [1.54, 1.807) is 19.1 Å². The highest BCUT2D eigenvalue weighted by molar-refractivity contribution is 7.80. The second-order valence-electron chi connectivity index (χ2n) is 5.27. The highest BCUT2D eigenvalue weighted by Gasteiger charge is 2.21. The Hall–Kier alpha value is -1.50. The smallest absolute Gasteiger partial charge is 0.173 e. The minimum atomic E-state index is 0.0621. The van der Waals surface area contributed by atoms with Crippen LogP contribution in [-0.2, 0) is 0 Å². The van der Waals surface area contributed by atoms with Crippen LogP contribution >= 0.6 is 12.2 Å². The Morgan fingerprint density at radius 2 is 1.95 bits per heavy atom. The maximum absolute atomic E-state index is 11.2. The molecule has 2 rings (SSSR count). The number of nitrogens with one attached hydrogen (secondary N) is 2. The fourth-order valence-corrected chi connectivity index (χ4v) is 2.73. The van der Waals surface area contributed by atoms with Gasteiger partial charge in [0.1, 0.15) is 6.54 Å². The molecular weight excluding hydrogens is 286 g/mol. The number of ketones is 1. The topological polar surface area (TPSA) is 57.0 Å². The van der Waals surface area contributed by atoms with Gasteiger partial charge in [0.2, 0.25) is 0 Å². The van der Waals surface area contributed by atoms with Crippen molar-refractivity contribution in [3.8, 4) is 0 Å². The number of piperazine rings is 1. The maximum Gasteiger partial charge on any atom is 0.173 e. The lowest BCUT2D eigenvalue weighted by molar-refractivity contribution is -0.904. The van der Waals surface area contributed by atoms with Crippen LogP contribution in [0.5, 0.6) is 0 Å². The number of hydrogen-bond donors (Lipinski definition) is 3. The molecule has 21 heavy (non-hydrogen) atoms. The van der Waals surface area contributed by atoms with Crippen LogP contribution < -0.4 is 10.2 Å². The van der Waals surface area contributed by atoms with Gasteiger partial charge in [-0.05, 0) is 43.4 Å². The van der Waals surface area contributed by atoms with E-state index in [-0.39, 0.29) is 12.4 Å². The summed E-state index contributed by atoms with van der Waals surface area (Å²) in [7, 11) is 0. The van der Waals surface area contributed by atoms with Crippen molar-refractivity contribution < 1.29 is 14.8 Å². The molecule has 0 unspecified atom stereocenters. The van der Waals surface area contributed by atoms with Crippen LogP contribution in [0, 0.1) is 0 Å². The van der Waals surface area contributed by atoms with E-state index < -0.39 is 0 Å². The van der Waals surface area contributed by atoms with Crippen molar-refractivity contribution in [1.82, 2.24) is 4.90 Å². The zero-order chi connectivity index (χ0) is 15.2. The average Bonchev–Trinajstić information content (AvgIpc) is 2.49. The first kappa shape index (κ1) is 15.9. The number of rotatable bonds is 4. The van der Waals surface area contributed by atoms with Crippen LogP contribution in [0.25, 0.3) is 0 Å². The molecule has 5 nitrogen and oxygen atoms in total. The van der Waals surface area contributed by atoms with E-state index in [1.165, 1.54) is 4.90 Å². The molecule has 0 atom stereocenters. The number of nitrogens with zero attached hydrogens (tertiary/aromatic N) is 1. The van der Waals surface area contributed by atoms with Gasteiger partial charge in [0.05, 0.1) is 32.8 Å². The van der Waals surface area contributed by atoms with Crippen molar-refractivity contribution in [2.45, 2.75) is 6.92 Å². The van der Waals surface area contributed by atoms with E-state index in [1.807, 2.05) is 12.1 Å². The molecule has 3 N–H and O–H groups in total. The molecule has 114 valence electrons. The number of quaternary nitrogens is 1. The zero-order valence-electron chi connectivity index (χ0n) is 12.3. The molecule has 1 aliphatic heterocycles. The van der Waals surface area contributed by atoms with Gasteiger partial charge >= 0.3 is 0 Å². The zero-order valence-corrected chi connectivity index (χ0v) is 13.1. The molecule has 1 aliphatic rings.